The van der Waals surface area contributed by atoms with Gasteiger partial charge in [0.25, 0.3) is 0 Å². The summed E-state index contributed by atoms with van der Waals surface area (Å²) >= 11 is 1.57. The van der Waals surface area contributed by atoms with Crippen molar-refractivity contribution in [1.29, 1.82) is 0 Å². The standard InChI is InChI=1S/C9H15N3OS/c1-10-4-3-9(13)12(2)7-8-11-5-6-14-8/h5-6,10H,3-4,7H2,1-2H3. The van der Waals surface area contributed by atoms with Crippen molar-refractivity contribution < 1.29 is 4.79 Å². The first-order valence-corrected chi connectivity index (χ1v) is 5.39. The molecule has 0 fully saturated rings. The molecule has 1 heterocycles. The Kier molecular flexibility index (Phi) is 4.55. The second-order valence-electron chi connectivity index (χ2n) is 3.03. The van der Waals surface area contributed by atoms with Gasteiger partial charge in [-0.1, -0.05) is 0 Å². The summed E-state index contributed by atoms with van der Waals surface area (Å²) in [6.07, 6.45) is 2.30. The molecule has 0 saturated heterocycles. The molecule has 0 radical (unpaired) electrons. The molecule has 5 heteroatoms. The summed E-state index contributed by atoms with van der Waals surface area (Å²) in [6, 6.07) is 0. The molecule has 0 unspecified atom stereocenters. The zero-order valence-electron chi connectivity index (χ0n) is 8.49. The lowest BCUT2D eigenvalue weighted by molar-refractivity contribution is -0.130. The predicted octanol–water partition coefficient (Wildman–Crippen LogP) is 0.711. The van der Waals surface area contributed by atoms with Gasteiger partial charge >= 0.3 is 0 Å². The van der Waals surface area contributed by atoms with Crippen LogP contribution >= 0.6 is 11.3 Å². The van der Waals surface area contributed by atoms with E-state index in [0.717, 1.165) is 11.6 Å². The van der Waals surface area contributed by atoms with Crippen LogP contribution in [0.2, 0.25) is 0 Å². The first-order chi connectivity index (χ1) is 6.74. The van der Waals surface area contributed by atoms with E-state index in [-0.39, 0.29) is 5.91 Å². The topological polar surface area (TPSA) is 45.2 Å². The molecule has 0 spiro atoms. The number of hydrogen-bond donors (Lipinski definition) is 1. The van der Waals surface area contributed by atoms with E-state index in [9.17, 15) is 4.79 Å². The largest absolute Gasteiger partial charge is 0.339 e. The zero-order valence-corrected chi connectivity index (χ0v) is 9.30. The average Bonchev–Trinajstić information content (AvgIpc) is 2.66. The molecule has 1 rings (SSSR count). The van der Waals surface area contributed by atoms with Crippen molar-refractivity contribution in [2.75, 3.05) is 20.6 Å². The zero-order chi connectivity index (χ0) is 10.4. The molecule has 0 bridgehead atoms. The number of amides is 1. The third-order valence-electron chi connectivity index (χ3n) is 1.87. The minimum atomic E-state index is 0.148. The summed E-state index contributed by atoms with van der Waals surface area (Å²) in [5.41, 5.74) is 0. The Morgan fingerprint density at radius 3 is 3.07 bits per heavy atom. The van der Waals surface area contributed by atoms with Gasteiger partial charge < -0.3 is 10.2 Å². The predicted molar refractivity (Wildman–Crippen MR) is 57.1 cm³/mol. The van der Waals surface area contributed by atoms with Crippen molar-refractivity contribution in [2.24, 2.45) is 0 Å². The second-order valence-corrected chi connectivity index (χ2v) is 4.01. The van der Waals surface area contributed by atoms with Crippen molar-refractivity contribution >= 4 is 17.2 Å². The average molecular weight is 213 g/mol. The fourth-order valence-electron chi connectivity index (χ4n) is 1.04. The highest BCUT2D eigenvalue weighted by atomic mass is 32.1. The van der Waals surface area contributed by atoms with E-state index >= 15 is 0 Å². The number of carbonyl (C=O) groups excluding carboxylic acids is 1. The Morgan fingerprint density at radius 2 is 2.50 bits per heavy atom. The van der Waals surface area contributed by atoms with E-state index in [2.05, 4.69) is 10.3 Å². The van der Waals surface area contributed by atoms with Crippen molar-refractivity contribution in [3.63, 3.8) is 0 Å². The molecule has 0 aliphatic carbocycles. The summed E-state index contributed by atoms with van der Waals surface area (Å²) < 4.78 is 0. The number of hydrogen-bond acceptors (Lipinski definition) is 4. The number of aromatic nitrogens is 1. The highest BCUT2D eigenvalue weighted by molar-refractivity contribution is 7.09. The smallest absolute Gasteiger partial charge is 0.223 e. The van der Waals surface area contributed by atoms with Gasteiger partial charge in [0.1, 0.15) is 5.01 Å². The number of nitrogens with zero attached hydrogens (tertiary/aromatic N) is 2. The van der Waals surface area contributed by atoms with Crippen LogP contribution in [0.4, 0.5) is 0 Å². The normalized spacial score (nSPS) is 10.1. The van der Waals surface area contributed by atoms with Gasteiger partial charge in [0, 0.05) is 31.6 Å². The van der Waals surface area contributed by atoms with Gasteiger partial charge in [0.05, 0.1) is 6.54 Å². The molecule has 0 atom stereocenters. The summed E-state index contributed by atoms with van der Waals surface area (Å²) in [7, 11) is 3.65. The molecular formula is C9H15N3OS. The highest BCUT2D eigenvalue weighted by Gasteiger charge is 2.09. The molecule has 1 aromatic rings. The van der Waals surface area contributed by atoms with Crippen LogP contribution in [-0.4, -0.2) is 36.4 Å². The van der Waals surface area contributed by atoms with E-state index in [1.54, 1.807) is 29.5 Å². The van der Waals surface area contributed by atoms with Gasteiger partial charge in [-0.3, -0.25) is 4.79 Å². The van der Waals surface area contributed by atoms with Crippen LogP contribution in [0.1, 0.15) is 11.4 Å². The Bertz CT molecular complexity index is 274. The minimum Gasteiger partial charge on any atom is -0.339 e. The lowest BCUT2D eigenvalue weighted by Crippen LogP contribution is -2.28. The monoisotopic (exact) mass is 213 g/mol. The Hall–Kier alpha value is -0.940. The second kappa shape index (κ2) is 5.72. The SMILES string of the molecule is CNCCC(=O)N(C)Cc1nccs1. The van der Waals surface area contributed by atoms with Crippen LogP contribution in [0, 0.1) is 0 Å². The van der Waals surface area contributed by atoms with Gasteiger partial charge in [0.15, 0.2) is 0 Å². The molecule has 0 aliphatic heterocycles. The van der Waals surface area contributed by atoms with Crippen LogP contribution in [0.3, 0.4) is 0 Å². The maximum absolute atomic E-state index is 11.5. The van der Waals surface area contributed by atoms with Crippen LogP contribution < -0.4 is 5.32 Å². The molecule has 14 heavy (non-hydrogen) atoms. The molecule has 1 amide bonds. The molecule has 0 aliphatic rings. The quantitative estimate of drug-likeness (QED) is 0.783. The summed E-state index contributed by atoms with van der Waals surface area (Å²) in [5, 5.41) is 5.85. The Morgan fingerprint density at radius 1 is 1.71 bits per heavy atom. The molecule has 1 N–H and O–H groups in total. The third kappa shape index (κ3) is 3.43. The van der Waals surface area contributed by atoms with Crippen LogP contribution in [0.25, 0.3) is 0 Å². The van der Waals surface area contributed by atoms with Crippen LogP contribution in [0.15, 0.2) is 11.6 Å². The van der Waals surface area contributed by atoms with E-state index < -0.39 is 0 Å². The van der Waals surface area contributed by atoms with E-state index in [0.29, 0.717) is 13.0 Å². The molecular weight excluding hydrogens is 198 g/mol. The van der Waals surface area contributed by atoms with E-state index in [1.165, 1.54) is 0 Å². The highest BCUT2D eigenvalue weighted by Crippen LogP contribution is 2.07. The van der Waals surface area contributed by atoms with Crippen molar-refractivity contribution in [3.05, 3.63) is 16.6 Å². The van der Waals surface area contributed by atoms with E-state index in [4.69, 9.17) is 0 Å². The van der Waals surface area contributed by atoms with Gasteiger partial charge in [-0.05, 0) is 7.05 Å². The number of thiazole rings is 1. The van der Waals surface area contributed by atoms with Crippen molar-refractivity contribution in [1.82, 2.24) is 15.2 Å². The fourth-order valence-corrected chi connectivity index (χ4v) is 1.71. The Balaban J connectivity index is 2.34. The van der Waals surface area contributed by atoms with Crippen LogP contribution in [0.5, 0.6) is 0 Å². The van der Waals surface area contributed by atoms with Gasteiger partial charge in [-0.2, -0.15) is 0 Å². The van der Waals surface area contributed by atoms with Gasteiger partial charge in [0.2, 0.25) is 5.91 Å². The number of nitrogens with one attached hydrogen (secondary N) is 1. The fraction of sp³-hybridized carbons (Fsp3) is 0.556. The minimum absolute atomic E-state index is 0.148. The third-order valence-corrected chi connectivity index (χ3v) is 2.63. The maximum atomic E-state index is 11.5. The molecule has 4 nitrogen and oxygen atoms in total. The molecule has 78 valence electrons. The molecule has 0 saturated carbocycles. The first-order valence-electron chi connectivity index (χ1n) is 4.51. The number of rotatable bonds is 5. The van der Waals surface area contributed by atoms with Gasteiger partial charge in [-0.25, -0.2) is 4.98 Å². The lowest BCUT2D eigenvalue weighted by atomic mass is 10.3. The summed E-state index contributed by atoms with van der Waals surface area (Å²) in [4.78, 5) is 17.3. The lowest BCUT2D eigenvalue weighted by Gasteiger charge is -2.15. The Labute approximate surface area is 88.0 Å². The summed E-state index contributed by atoms with van der Waals surface area (Å²) in [6.45, 7) is 1.33. The summed E-state index contributed by atoms with van der Waals surface area (Å²) in [5.74, 6) is 0.148. The van der Waals surface area contributed by atoms with Crippen LogP contribution in [-0.2, 0) is 11.3 Å². The first kappa shape index (κ1) is 11.1. The molecule has 1 aromatic heterocycles. The van der Waals surface area contributed by atoms with E-state index in [1.807, 2.05) is 12.4 Å². The maximum Gasteiger partial charge on any atom is 0.223 e. The van der Waals surface area contributed by atoms with Crippen molar-refractivity contribution in [2.45, 2.75) is 13.0 Å². The van der Waals surface area contributed by atoms with Crippen molar-refractivity contribution in [3.8, 4) is 0 Å². The van der Waals surface area contributed by atoms with Gasteiger partial charge in [-0.15, -0.1) is 11.3 Å². The molecule has 0 aromatic carbocycles. The number of carbonyl (C=O) groups is 1.